The van der Waals surface area contributed by atoms with E-state index in [-0.39, 0.29) is 0 Å². The molecule has 0 saturated carbocycles. The predicted octanol–water partition coefficient (Wildman–Crippen LogP) is -0.847. The molecular formula is C3H7ClN2O3S. The molecule has 0 aliphatic heterocycles. The number of amides is 1. The topological polar surface area (TPSA) is 75.3 Å². The Morgan fingerprint density at radius 2 is 2.10 bits per heavy atom. The van der Waals surface area contributed by atoms with E-state index in [2.05, 4.69) is 0 Å². The number of carbonyl (C=O) groups excluding carboxylic acids is 1. The van der Waals surface area contributed by atoms with Gasteiger partial charge in [-0.3, -0.25) is 10.2 Å². The van der Waals surface area contributed by atoms with Crippen LogP contribution in [0.5, 0.6) is 0 Å². The van der Waals surface area contributed by atoms with E-state index in [9.17, 15) is 13.2 Å². The minimum absolute atomic E-state index is 0.492. The Kier molecular flexibility index (Phi) is 3.62. The lowest BCUT2D eigenvalue weighted by molar-refractivity contribution is -0.119. The van der Waals surface area contributed by atoms with E-state index in [0.29, 0.717) is 0 Å². The summed E-state index contributed by atoms with van der Waals surface area (Å²) in [6.45, 7) is 1.18. The number of nitrogens with one attached hydrogen (secondary N) is 2. The van der Waals surface area contributed by atoms with Crippen LogP contribution in [0.4, 0.5) is 0 Å². The van der Waals surface area contributed by atoms with Crippen molar-refractivity contribution in [3.63, 3.8) is 0 Å². The highest BCUT2D eigenvalue weighted by molar-refractivity contribution is 7.90. The molecule has 0 radical (unpaired) electrons. The number of hydrazine groups is 1. The van der Waals surface area contributed by atoms with Crippen molar-refractivity contribution in [1.82, 2.24) is 10.3 Å². The van der Waals surface area contributed by atoms with Gasteiger partial charge in [-0.25, -0.2) is 8.42 Å². The second-order valence-corrected chi connectivity index (χ2v) is 3.81. The maximum atomic E-state index is 10.4. The maximum Gasteiger partial charge on any atom is 0.242 e. The largest absolute Gasteiger partial charge is 0.278 e. The average molecular weight is 187 g/mol. The van der Waals surface area contributed by atoms with Crippen molar-refractivity contribution in [2.45, 2.75) is 6.92 Å². The summed E-state index contributed by atoms with van der Waals surface area (Å²) in [5.41, 5.74) is 1.88. The highest BCUT2D eigenvalue weighted by atomic mass is 35.5. The molecule has 2 N–H and O–H groups in total. The van der Waals surface area contributed by atoms with E-state index in [1.807, 2.05) is 5.43 Å². The Bertz CT molecular complexity index is 212. The summed E-state index contributed by atoms with van der Waals surface area (Å²) in [6.07, 6.45) is 0. The molecule has 0 aromatic rings. The Morgan fingerprint density at radius 1 is 1.60 bits per heavy atom. The highest BCUT2D eigenvalue weighted by Gasteiger charge is 2.06. The number of rotatable bonds is 3. The third-order valence-electron chi connectivity index (χ3n) is 0.526. The van der Waals surface area contributed by atoms with Crippen LogP contribution in [0.2, 0.25) is 0 Å². The summed E-state index contributed by atoms with van der Waals surface area (Å²) in [4.78, 5) is 11.9. The molecule has 1 amide bonds. The first-order valence-corrected chi connectivity index (χ1v) is 4.48. The van der Waals surface area contributed by atoms with E-state index in [1.54, 1.807) is 4.83 Å². The van der Waals surface area contributed by atoms with Crippen LogP contribution in [0.15, 0.2) is 0 Å². The molecule has 0 rings (SSSR count). The van der Waals surface area contributed by atoms with E-state index in [4.69, 9.17) is 11.6 Å². The van der Waals surface area contributed by atoms with Crippen molar-refractivity contribution in [3.8, 4) is 0 Å². The maximum absolute atomic E-state index is 10.4. The first kappa shape index (κ1) is 9.67. The molecule has 0 aromatic heterocycles. The van der Waals surface area contributed by atoms with E-state index >= 15 is 0 Å². The quantitative estimate of drug-likeness (QED) is 0.446. The third-order valence-corrected chi connectivity index (χ3v) is 2.09. The molecular weight excluding hydrogens is 180 g/mol. The first-order chi connectivity index (χ1) is 4.48. The van der Waals surface area contributed by atoms with Crippen LogP contribution >= 0.6 is 11.6 Å². The Morgan fingerprint density at radius 3 is 2.40 bits per heavy atom. The number of sulfonamides is 1. The fourth-order valence-electron chi connectivity index (χ4n) is 0.177. The fraction of sp³-hybridized carbons (Fsp3) is 0.667. The van der Waals surface area contributed by atoms with Crippen LogP contribution in [0, 0.1) is 0 Å². The molecule has 5 nitrogen and oxygen atoms in total. The SMILES string of the molecule is CC(=O)NNS(=O)(=O)CCl. The van der Waals surface area contributed by atoms with Crippen LogP contribution in [0.1, 0.15) is 6.92 Å². The number of carbonyl (C=O) groups is 1. The van der Waals surface area contributed by atoms with Crippen LogP contribution in [0.3, 0.4) is 0 Å². The minimum atomic E-state index is -3.53. The molecule has 10 heavy (non-hydrogen) atoms. The van der Waals surface area contributed by atoms with Gasteiger partial charge in [-0.1, -0.05) is 0 Å². The summed E-state index contributed by atoms with van der Waals surface area (Å²) < 4.78 is 20.9. The summed E-state index contributed by atoms with van der Waals surface area (Å²) in [5, 5.41) is -0.576. The normalized spacial score (nSPS) is 11.0. The predicted molar refractivity (Wildman–Crippen MR) is 36.6 cm³/mol. The molecule has 60 valence electrons. The van der Waals surface area contributed by atoms with Gasteiger partial charge in [0.05, 0.1) is 0 Å². The van der Waals surface area contributed by atoms with E-state index < -0.39 is 21.1 Å². The van der Waals surface area contributed by atoms with Gasteiger partial charge >= 0.3 is 0 Å². The molecule has 0 spiro atoms. The van der Waals surface area contributed by atoms with Crippen LogP contribution in [-0.2, 0) is 14.8 Å². The van der Waals surface area contributed by atoms with Crippen molar-refractivity contribution in [2.24, 2.45) is 0 Å². The zero-order valence-electron chi connectivity index (χ0n) is 5.22. The first-order valence-electron chi connectivity index (χ1n) is 2.30. The van der Waals surface area contributed by atoms with E-state index in [0.717, 1.165) is 0 Å². The smallest absolute Gasteiger partial charge is 0.242 e. The molecule has 0 saturated heterocycles. The monoisotopic (exact) mass is 186 g/mol. The Hall–Kier alpha value is -0.330. The summed E-state index contributed by atoms with van der Waals surface area (Å²) in [5.74, 6) is -0.492. The van der Waals surface area contributed by atoms with Gasteiger partial charge in [-0.05, 0) is 0 Å². The molecule has 0 unspecified atom stereocenters. The Balaban J connectivity index is 3.81. The van der Waals surface area contributed by atoms with Crippen molar-refractivity contribution in [3.05, 3.63) is 0 Å². The lowest BCUT2D eigenvalue weighted by Gasteiger charge is -2.01. The summed E-state index contributed by atoms with van der Waals surface area (Å²) in [7, 11) is -3.53. The number of hydrogen-bond donors (Lipinski definition) is 2. The zero-order valence-corrected chi connectivity index (χ0v) is 6.79. The molecule has 0 heterocycles. The van der Waals surface area contributed by atoms with Crippen LogP contribution in [-0.4, -0.2) is 19.5 Å². The van der Waals surface area contributed by atoms with Gasteiger partial charge in [0.15, 0.2) is 0 Å². The van der Waals surface area contributed by atoms with E-state index in [1.165, 1.54) is 6.92 Å². The molecule has 0 aliphatic carbocycles. The van der Waals surface area contributed by atoms with Crippen molar-refractivity contribution >= 4 is 27.5 Å². The van der Waals surface area contributed by atoms with Gasteiger partial charge in [0.1, 0.15) is 5.21 Å². The lowest BCUT2D eigenvalue weighted by Crippen LogP contribution is -2.40. The summed E-state index contributed by atoms with van der Waals surface area (Å²) >= 11 is 4.97. The molecule has 0 bridgehead atoms. The van der Waals surface area contributed by atoms with Gasteiger partial charge < -0.3 is 0 Å². The Labute approximate surface area is 63.8 Å². The average Bonchev–Trinajstić information content (AvgIpc) is 1.85. The van der Waals surface area contributed by atoms with Crippen LogP contribution < -0.4 is 10.3 Å². The lowest BCUT2D eigenvalue weighted by atomic mass is 10.8. The molecule has 0 aromatic carbocycles. The van der Waals surface area contributed by atoms with Gasteiger partial charge in [0, 0.05) is 6.92 Å². The number of hydrogen-bond acceptors (Lipinski definition) is 3. The van der Waals surface area contributed by atoms with Gasteiger partial charge in [0.2, 0.25) is 15.9 Å². The second-order valence-electron chi connectivity index (χ2n) is 1.51. The van der Waals surface area contributed by atoms with Crippen molar-refractivity contribution in [1.29, 1.82) is 0 Å². The third kappa shape index (κ3) is 4.54. The summed E-state index contributed by atoms with van der Waals surface area (Å²) in [6, 6.07) is 0. The van der Waals surface area contributed by atoms with Crippen molar-refractivity contribution in [2.75, 3.05) is 5.21 Å². The minimum Gasteiger partial charge on any atom is -0.278 e. The number of halogens is 1. The second kappa shape index (κ2) is 3.75. The highest BCUT2D eigenvalue weighted by Crippen LogP contribution is 1.83. The fourth-order valence-corrected chi connectivity index (χ4v) is 0.694. The van der Waals surface area contributed by atoms with Crippen LogP contribution in [0.25, 0.3) is 0 Å². The molecule has 0 fully saturated rings. The van der Waals surface area contributed by atoms with Crippen molar-refractivity contribution < 1.29 is 13.2 Å². The van der Waals surface area contributed by atoms with Gasteiger partial charge in [-0.15, -0.1) is 16.4 Å². The molecule has 0 aliphatic rings. The number of alkyl halides is 1. The molecule has 7 heteroatoms. The zero-order chi connectivity index (χ0) is 8.20. The standard InChI is InChI=1S/C3H7ClN2O3S/c1-3(7)5-6-10(8,9)2-4/h6H,2H2,1H3,(H,5,7). The van der Waals surface area contributed by atoms with Gasteiger partial charge in [-0.2, -0.15) is 0 Å². The molecule has 0 atom stereocenters. The van der Waals surface area contributed by atoms with Gasteiger partial charge in [0.25, 0.3) is 0 Å².